The fourth-order valence-electron chi connectivity index (χ4n) is 4.67. The van der Waals surface area contributed by atoms with Crippen LogP contribution in [0.4, 0.5) is 0 Å². The van der Waals surface area contributed by atoms with E-state index in [2.05, 4.69) is 0 Å². The van der Waals surface area contributed by atoms with Crippen molar-refractivity contribution in [3.8, 4) is 28.7 Å². The highest BCUT2D eigenvalue weighted by atomic mass is 16.7. The molecular weight excluding hydrogens is 580 g/mol. The quantitative estimate of drug-likeness (QED) is 0.0840. The third-order valence-corrected chi connectivity index (χ3v) is 6.70. The molecule has 0 aromatic heterocycles. The van der Waals surface area contributed by atoms with E-state index in [0.717, 1.165) is 24.3 Å². The van der Waals surface area contributed by atoms with E-state index in [0.29, 0.717) is 0 Å². The van der Waals surface area contributed by atoms with Crippen LogP contribution in [0.15, 0.2) is 47.9 Å². The Balaban J connectivity index is 1.58. The number of rotatable bonds is 8. The number of allylic oxidation sites excluding steroid dienone is 2. The number of aromatic hydroxyl groups is 3. The summed E-state index contributed by atoms with van der Waals surface area (Å²) in [6.07, 6.45) is -10.2. The van der Waals surface area contributed by atoms with E-state index in [4.69, 9.17) is 28.8 Å². The third-order valence-electron chi connectivity index (χ3n) is 6.70. The van der Waals surface area contributed by atoms with Crippen LogP contribution in [0.2, 0.25) is 0 Å². The largest absolute Gasteiger partial charge is 0.552 e. The van der Waals surface area contributed by atoms with Gasteiger partial charge in [0.15, 0.2) is 23.4 Å². The second kappa shape index (κ2) is 11.3. The van der Waals surface area contributed by atoms with Crippen molar-refractivity contribution in [2.75, 3.05) is 6.61 Å². The van der Waals surface area contributed by atoms with Crippen LogP contribution in [0.1, 0.15) is 23.7 Å². The van der Waals surface area contributed by atoms with Crippen molar-refractivity contribution < 1.29 is 78.9 Å². The normalized spacial score (nSPS) is 25.9. The van der Waals surface area contributed by atoms with Crippen LogP contribution < -0.4 is 9.47 Å². The summed E-state index contributed by atoms with van der Waals surface area (Å²) in [5.41, 5.74) is 0.357. The molecule has 0 amide bonds. The fourth-order valence-corrected chi connectivity index (χ4v) is 4.67. The van der Waals surface area contributed by atoms with Crippen LogP contribution in [-0.4, -0.2) is 101 Å². The number of aliphatic hydroxyl groups excluding tert-OH is 4. The number of benzene rings is 2. The number of aliphatic carboxylic acids is 2. The van der Waals surface area contributed by atoms with E-state index in [9.17, 15) is 50.1 Å². The third kappa shape index (κ3) is 5.71. The van der Waals surface area contributed by atoms with Gasteiger partial charge < -0.3 is 69.3 Å². The Morgan fingerprint density at radius 1 is 0.930 bits per heavy atom. The van der Waals surface area contributed by atoms with E-state index < -0.39 is 85.0 Å². The van der Waals surface area contributed by atoms with Crippen LogP contribution in [-0.2, 0) is 23.8 Å². The van der Waals surface area contributed by atoms with Gasteiger partial charge in [-0.2, -0.15) is 0 Å². The number of phenolic OH excluding ortho intramolecular Hbond substituents is 3. The second-order valence-corrected chi connectivity index (χ2v) is 9.66. The molecule has 6 unspecified atom stereocenters. The number of ether oxygens (including phenoxy) is 5. The molecular formula is C27H25O16+. The summed E-state index contributed by atoms with van der Waals surface area (Å²) in [4.78, 5) is 32.3. The van der Waals surface area contributed by atoms with E-state index in [1.54, 1.807) is 0 Å². The summed E-state index contributed by atoms with van der Waals surface area (Å²) in [5, 5.41) is 80.5. The maximum atomic E-state index is 11.7. The second-order valence-electron chi connectivity index (χ2n) is 9.66. The van der Waals surface area contributed by atoms with E-state index in [1.807, 2.05) is 0 Å². The van der Waals surface area contributed by atoms with Crippen molar-refractivity contribution in [3.05, 3.63) is 59.1 Å². The van der Waals surface area contributed by atoms with E-state index in [1.165, 1.54) is 12.1 Å². The van der Waals surface area contributed by atoms with Gasteiger partial charge in [0.1, 0.15) is 54.7 Å². The van der Waals surface area contributed by atoms with Crippen LogP contribution in [0.25, 0.3) is 5.57 Å². The summed E-state index contributed by atoms with van der Waals surface area (Å²) in [5.74, 6) is -6.00. The highest BCUT2D eigenvalue weighted by Gasteiger charge is 2.48. The zero-order valence-corrected chi connectivity index (χ0v) is 21.7. The lowest BCUT2D eigenvalue weighted by atomic mass is 9.92. The number of carbonyl (C=O) groups is 2. The lowest BCUT2D eigenvalue weighted by Gasteiger charge is -2.42. The molecule has 16 heteroatoms. The molecule has 228 valence electrons. The average Bonchev–Trinajstić information content (AvgIpc) is 2.94. The Morgan fingerprint density at radius 2 is 1.65 bits per heavy atom. The predicted molar refractivity (Wildman–Crippen MR) is 137 cm³/mol. The molecule has 2 aromatic carbocycles. The minimum absolute atomic E-state index is 0.0198. The molecule has 3 heterocycles. The molecule has 0 aliphatic carbocycles. The van der Waals surface area contributed by atoms with Gasteiger partial charge in [0.2, 0.25) is 6.29 Å². The van der Waals surface area contributed by atoms with Crippen molar-refractivity contribution in [1.29, 1.82) is 0 Å². The van der Waals surface area contributed by atoms with Gasteiger partial charge in [-0.15, -0.1) is 0 Å². The van der Waals surface area contributed by atoms with Crippen LogP contribution >= 0.6 is 0 Å². The fraction of sp³-hybridized carbons (Fsp3) is 0.296. The highest BCUT2D eigenvalue weighted by Crippen LogP contribution is 2.52. The summed E-state index contributed by atoms with van der Waals surface area (Å²) < 4.78 is 28.0. The van der Waals surface area contributed by atoms with Gasteiger partial charge in [-0.25, -0.2) is 0 Å². The number of hydrogen-bond acceptors (Lipinski definition) is 13. The van der Waals surface area contributed by atoms with E-state index in [-0.39, 0.29) is 39.7 Å². The van der Waals surface area contributed by atoms with Gasteiger partial charge >= 0.3 is 17.9 Å². The first-order chi connectivity index (χ1) is 20.3. The van der Waals surface area contributed by atoms with Gasteiger partial charge in [-0.3, -0.25) is 9.59 Å². The number of esters is 1. The van der Waals surface area contributed by atoms with Gasteiger partial charge in [-0.1, -0.05) is 6.07 Å². The standard InChI is InChI=1S/C27H24O16/c28-10-4-14-20-11(6-16(40-14)26(37)38)25(24(41-15(20)5-10)9-1-2-12(29)13(30)3-9)43-27-23(36)22(35)21(34)17(42-27)8-39-19(33)7-18(31)32/h1-6,17,21-24,27-30,34-36H,7-8H2,(H,31,32)(H,37,38)/p+1. The number of carboxylic acid groups (broad SMARTS) is 2. The number of phenols is 3. The first kappa shape index (κ1) is 29.5. The molecule has 1 fully saturated rings. The van der Waals surface area contributed by atoms with Crippen LogP contribution in [0.3, 0.4) is 0 Å². The topological polar surface area (TPSA) is 264 Å². The molecule has 0 radical (unpaired) electrons. The molecule has 43 heavy (non-hydrogen) atoms. The number of hydrogen-bond donors (Lipinski definition) is 8. The minimum atomic E-state index is -1.93. The smallest absolute Gasteiger partial charge is 0.508 e. The van der Waals surface area contributed by atoms with Crippen molar-refractivity contribution >= 4 is 23.5 Å². The van der Waals surface area contributed by atoms with Crippen molar-refractivity contribution in [3.63, 3.8) is 0 Å². The van der Waals surface area contributed by atoms with Crippen molar-refractivity contribution in [2.45, 2.75) is 43.2 Å². The molecule has 6 atom stereocenters. The summed E-state index contributed by atoms with van der Waals surface area (Å²) in [7, 11) is 0. The molecule has 16 nitrogen and oxygen atoms in total. The summed E-state index contributed by atoms with van der Waals surface area (Å²) >= 11 is 0. The molecule has 0 spiro atoms. The Bertz CT molecular complexity index is 1540. The lowest BCUT2D eigenvalue weighted by Crippen LogP contribution is -2.59. The van der Waals surface area contributed by atoms with Gasteiger partial charge in [-0.05, 0) is 12.1 Å². The molecule has 3 aliphatic rings. The predicted octanol–water partition coefficient (Wildman–Crippen LogP) is -0.173. The molecule has 3 aliphatic heterocycles. The summed E-state index contributed by atoms with van der Waals surface area (Å²) in [6, 6.07) is 5.99. The maximum absolute atomic E-state index is 11.7. The number of carboxylic acids is 2. The first-order valence-electron chi connectivity index (χ1n) is 12.5. The van der Waals surface area contributed by atoms with Crippen LogP contribution in [0, 0.1) is 0 Å². The number of carbonyl (C=O) groups excluding carboxylic acids is 1. The summed E-state index contributed by atoms with van der Waals surface area (Å²) in [6.45, 7) is -0.730. The zero-order chi connectivity index (χ0) is 31.2. The molecule has 5 rings (SSSR count). The van der Waals surface area contributed by atoms with Crippen molar-refractivity contribution in [1.82, 2.24) is 0 Å². The molecule has 9 N–H and O–H groups in total. The van der Waals surface area contributed by atoms with Crippen LogP contribution in [0.5, 0.6) is 28.7 Å². The van der Waals surface area contributed by atoms with Gasteiger partial charge in [0.05, 0.1) is 5.56 Å². The average molecular weight is 605 g/mol. The number of aliphatic hydroxyl groups is 3. The Labute approximate surface area is 240 Å². The highest BCUT2D eigenvalue weighted by molar-refractivity contribution is 5.96. The van der Waals surface area contributed by atoms with Gasteiger partial charge in [0.25, 0.3) is 5.76 Å². The Kier molecular flexibility index (Phi) is 7.76. The molecule has 2 aromatic rings. The SMILES string of the molecule is O=C(O)CC(=O)OCC1OC(OC2=C3C=C(C(O)=[OH+])Oc4cc(O)cc(c43)OC2c2ccc(O)c(O)c2)C(O)C(O)C1O. The van der Waals surface area contributed by atoms with E-state index >= 15 is 0 Å². The first-order valence-corrected chi connectivity index (χ1v) is 12.5. The van der Waals surface area contributed by atoms with Gasteiger partial charge in [0, 0.05) is 29.3 Å². The molecule has 1 saturated heterocycles. The molecule has 0 saturated carbocycles. The molecule has 0 bridgehead atoms. The maximum Gasteiger partial charge on any atom is 0.552 e. The van der Waals surface area contributed by atoms with Crippen molar-refractivity contribution in [2.24, 2.45) is 0 Å². The Morgan fingerprint density at radius 3 is 2.33 bits per heavy atom. The Hall–Kier alpha value is -5.03. The minimum Gasteiger partial charge on any atom is -0.508 e. The monoisotopic (exact) mass is 605 g/mol. The lowest BCUT2D eigenvalue weighted by molar-refractivity contribution is -0.294. The zero-order valence-electron chi connectivity index (χ0n) is 21.7.